The van der Waals surface area contributed by atoms with E-state index in [1.54, 1.807) is 4.90 Å². The first-order valence-corrected chi connectivity index (χ1v) is 8.29. The van der Waals surface area contributed by atoms with Crippen molar-refractivity contribution in [1.29, 1.82) is 0 Å². The first kappa shape index (κ1) is 11.5. The summed E-state index contributed by atoms with van der Waals surface area (Å²) in [4.78, 5) is 27.5. The molecule has 1 aliphatic heterocycles. The largest absolute Gasteiger partial charge is 0.279 e. The van der Waals surface area contributed by atoms with Crippen molar-refractivity contribution in [1.82, 2.24) is 4.90 Å². The molecule has 5 rings (SSSR count). The molecule has 0 aromatic carbocycles. The average Bonchev–Trinajstić information content (AvgIpc) is 3.06. The third-order valence-electron chi connectivity index (χ3n) is 6.83. The Kier molecular flexibility index (Phi) is 2.05. The standard InChI is InChI=1S/C17H21NO2/c19-15-13-11-6-7-12(17(11)8-9-17)14(13)16(20)18(15)10-4-2-1-3-5-10/h6-7,10-14H,1-5,8-9H2/t11-,12-,13-,14-/m1/s1. The van der Waals surface area contributed by atoms with Gasteiger partial charge in [0.2, 0.25) is 11.8 Å². The lowest BCUT2D eigenvalue weighted by atomic mass is 9.85. The lowest BCUT2D eigenvalue weighted by molar-refractivity contribution is -0.144. The van der Waals surface area contributed by atoms with Gasteiger partial charge in [-0.05, 0) is 42.9 Å². The molecule has 0 N–H and O–H groups in total. The Balaban J connectivity index is 1.50. The molecular formula is C17H21NO2. The van der Waals surface area contributed by atoms with Gasteiger partial charge in [-0.15, -0.1) is 0 Å². The van der Waals surface area contributed by atoms with E-state index in [9.17, 15) is 9.59 Å². The SMILES string of the molecule is O=C1[C@H]2[C@H](C(=O)N1C1CCCCC1)[C@H]1C=C[C@H]2C12CC2. The second-order valence-electron chi connectivity index (χ2n) is 7.56. The Morgan fingerprint density at radius 2 is 1.45 bits per heavy atom. The quantitative estimate of drug-likeness (QED) is 0.543. The molecule has 3 saturated carbocycles. The minimum absolute atomic E-state index is 0.00178. The van der Waals surface area contributed by atoms with Crippen molar-refractivity contribution < 1.29 is 9.59 Å². The highest BCUT2D eigenvalue weighted by Crippen LogP contribution is 2.73. The van der Waals surface area contributed by atoms with E-state index in [-0.39, 0.29) is 29.7 Å². The van der Waals surface area contributed by atoms with Gasteiger partial charge in [0.15, 0.2) is 0 Å². The smallest absolute Gasteiger partial charge is 0.233 e. The molecule has 2 amide bonds. The van der Waals surface area contributed by atoms with Crippen LogP contribution in [0.1, 0.15) is 44.9 Å². The summed E-state index contributed by atoms with van der Waals surface area (Å²) in [5.74, 6) is 1.11. The van der Waals surface area contributed by atoms with E-state index in [1.165, 1.54) is 32.1 Å². The summed E-state index contributed by atoms with van der Waals surface area (Å²) in [6, 6.07) is 0.212. The molecule has 4 fully saturated rings. The molecule has 0 radical (unpaired) electrons. The van der Waals surface area contributed by atoms with Gasteiger partial charge in [0, 0.05) is 6.04 Å². The number of carbonyl (C=O) groups excluding carboxylic acids is 2. The first-order valence-electron chi connectivity index (χ1n) is 8.29. The molecule has 1 spiro atoms. The molecule has 106 valence electrons. The van der Waals surface area contributed by atoms with Crippen molar-refractivity contribution in [3.63, 3.8) is 0 Å². The van der Waals surface area contributed by atoms with E-state index in [4.69, 9.17) is 0 Å². The average molecular weight is 271 g/mol. The van der Waals surface area contributed by atoms with Gasteiger partial charge >= 0.3 is 0 Å². The Labute approximate surface area is 119 Å². The lowest BCUT2D eigenvalue weighted by Crippen LogP contribution is -2.43. The number of amides is 2. The van der Waals surface area contributed by atoms with Gasteiger partial charge in [0.25, 0.3) is 0 Å². The van der Waals surface area contributed by atoms with E-state index in [2.05, 4.69) is 12.2 Å². The Morgan fingerprint density at radius 1 is 0.900 bits per heavy atom. The summed E-state index contributed by atoms with van der Waals surface area (Å²) in [5.41, 5.74) is 0.333. The number of hydrogen-bond donors (Lipinski definition) is 0. The van der Waals surface area contributed by atoms with Crippen molar-refractivity contribution in [2.24, 2.45) is 29.1 Å². The molecule has 4 aliphatic carbocycles. The lowest BCUT2D eigenvalue weighted by Gasteiger charge is -2.31. The van der Waals surface area contributed by atoms with Gasteiger partial charge in [-0.3, -0.25) is 14.5 Å². The van der Waals surface area contributed by atoms with Crippen molar-refractivity contribution in [3.05, 3.63) is 12.2 Å². The van der Waals surface area contributed by atoms with Crippen LogP contribution in [-0.4, -0.2) is 22.8 Å². The molecular weight excluding hydrogens is 250 g/mol. The molecule has 4 atom stereocenters. The van der Waals surface area contributed by atoms with Crippen LogP contribution in [-0.2, 0) is 9.59 Å². The number of imide groups is 1. The van der Waals surface area contributed by atoms with Crippen LogP contribution in [0, 0.1) is 29.1 Å². The van der Waals surface area contributed by atoms with Gasteiger partial charge in [-0.2, -0.15) is 0 Å². The van der Waals surface area contributed by atoms with Gasteiger partial charge in [0.1, 0.15) is 0 Å². The highest BCUT2D eigenvalue weighted by atomic mass is 16.2. The maximum absolute atomic E-state index is 12.9. The number of rotatable bonds is 1. The van der Waals surface area contributed by atoms with Crippen molar-refractivity contribution in [2.75, 3.05) is 0 Å². The summed E-state index contributed by atoms with van der Waals surface area (Å²) in [6.07, 6.45) is 12.6. The Morgan fingerprint density at radius 3 is 1.95 bits per heavy atom. The molecule has 5 aliphatic rings. The zero-order chi connectivity index (χ0) is 13.5. The van der Waals surface area contributed by atoms with Gasteiger partial charge in [-0.1, -0.05) is 31.4 Å². The van der Waals surface area contributed by atoms with Gasteiger partial charge in [-0.25, -0.2) is 0 Å². The summed E-state index contributed by atoms with van der Waals surface area (Å²) in [6.45, 7) is 0. The predicted octanol–water partition coefficient (Wildman–Crippen LogP) is 2.52. The predicted molar refractivity (Wildman–Crippen MR) is 73.5 cm³/mol. The highest BCUT2D eigenvalue weighted by molar-refractivity contribution is 6.07. The molecule has 20 heavy (non-hydrogen) atoms. The number of likely N-dealkylation sites (tertiary alicyclic amines) is 1. The van der Waals surface area contributed by atoms with E-state index in [0.717, 1.165) is 12.8 Å². The van der Waals surface area contributed by atoms with Gasteiger partial charge in [0.05, 0.1) is 11.8 Å². The zero-order valence-corrected chi connectivity index (χ0v) is 11.8. The Hall–Kier alpha value is -1.12. The highest BCUT2D eigenvalue weighted by Gasteiger charge is 2.73. The minimum Gasteiger partial charge on any atom is -0.279 e. The van der Waals surface area contributed by atoms with Crippen LogP contribution in [0.3, 0.4) is 0 Å². The number of carbonyl (C=O) groups is 2. The maximum atomic E-state index is 12.9. The molecule has 3 heteroatoms. The van der Waals surface area contributed by atoms with Gasteiger partial charge < -0.3 is 0 Å². The maximum Gasteiger partial charge on any atom is 0.233 e. The molecule has 0 unspecified atom stereocenters. The van der Waals surface area contributed by atoms with Crippen molar-refractivity contribution in [2.45, 2.75) is 51.0 Å². The second kappa shape index (κ2) is 3.55. The molecule has 1 saturated heterocycles. The van der Waals surface area contributed by atoms with Crippen LogP contribution >= 0.6 is 0 Å². The van der Waals surface area contributed by atoms with Crippen molar-refractivity contribution in [3.8, 4) is 0 Å². The van der Waals surface area contributed by atoms with Crippen LogP contribution in [0.15, 0.2) is 12.2 Å². The topological polar surface area (TPSA) is 37.4 Å². The van der Waals surface area contributed by atoms with Crippen LogP contribution in [0.2, 0.25) is 0 Å². The molecule has 0 aromatic rings. The van der Waals surface area contributed by atoms with Crippen LogP contribution < -0.4 is 0 Å². The monoisotopic (exact) mass is 271 g/mol. The number of nitrogens with zero attached hydrogens (tertiary/aromatic N) is 1. The molecule has 1 heterocycles. The third kappa shape index (κ3) is 1.15. The summed E-state index contributed by atoms with van der Waals surface area (Å²) >= 11 is 0. The van der Waals surface area contributed by atoms with Crippen LogP contribution in [0.25, 0.3) is 0 Å². The van der Waals surface area contributed by atoms with E-state index in [1.807, 2.05) is 0 Å². The molecule has 0 aromatic heterocycles. The summed E-state index contributed by atoms with van der Waals surface area (Å²) in [5, 5.41) is 0. The van der Waals surface area contributed by atoms with Crippen molar-refractivity contribution >= 4 is 11.8 Å². The van der Waals surface area contributed by atoms with Crippen LogP contribution in [0.5, 0.6) is 0 Å². The fourth-order valence-electron chi connectivity index (χ4n) is 5.80. The minimum atomic E-state index is 0.00178. The zero-order valence-electron chi connectivity index (χ0n) is 11.8. The fourth-order valence-corrected chi connectivity index (χ4v) is 5.80. The van der Waals surface area contributed by atoms with E-state index < -0.39 is 0 Å². The number of fused-ring (bicyclic) bond motifs is 3. The van der Waals surface area contributed by atoms with Crippen LogP contribution in [0.4, 0.5) is 0 Å². The molecule has 3 nitrogen and oxygen atoms in total. The Bertz CT molecular complexity index is 493. The number of allylic oxidation sites excluding steroid dienone is 2. The first-order chi connectivity index (χ1) is 9.74. The second-order valence-corrected chi connectivity index (χ2v) is 7.56. The fraction of sp³-hybridized carbons (Fsp3) is 0.765. The normalized spacial score (nSPS) is 44.7. The number of hydrogen-bond acceptors (Lipinski definition) is 2. The molecule has 2 bridgehead atoms. The van der Waals surface area contributed by atoms with E-state index >= 15 is 0 Å². The summed E-state index contributed by atoms with van der Waals surface area (Å²) < 4.78 is 0. The third-order valence-corrected chi connectivity index (χ3v) is 6.83. The van der Waals surface area contributed by atoms with E-state index in [0.29, 0.717) is 17.3 Å². The summed E-state index contributed by atoms with van der Waals surface area (Å²) in [7, 11) is 0.